The number of carbonyl (C=O) groups excluding carboxylic acids is 4. The number of esters is 4. The van der Waals surface area contributed by atoms with E-state index in [9.17, 15) is 43.2 Å². The summed E-state index contributed by atoms with van der Waals surface area (Å²) in [4.78, 5) is 73.6. The van der Waals surface area contributed by atoms with Crippen molar-refractivity contribution in [1.82, 2.24) is 0 Å². The van der Waals surface area contributed by atoms with Gasteiger partial charge in [-0.2, -0.15) is 0 Å². The second-order valence-corrected chi connectivity index (χ2v) is 37.3. The fraction of sp³-hybridized carbons (Fsp3) is 0.958. The van der Waals surface area contributed by atoms with Gasteiger partial charge in [-0.25, -0.2) is 9.13 Å². The average Bonchev–Trinajstić information content (AvgIpc) is 0.899. The van der Waals surface area contributed by atoms with Gasteiger partial charge in [0.25, 0.3) is 0 Å². The molecule has 0 radical (unpaired) electrons. The highest BCUT2D eigenvalue weighted by Gasteiger charge is 2.31. The Morgan fingerprint density at radius 1 is 0.246 bits per heavy atom. The first kappa shape index (κ1) is 112. The van der Waals surface area contributed by atoms with Crippen molar-refractivity contribution >= 4 is 39.5 Å². The van der Waals surface area contributed by atoms with Crippen LogP contribution in [-0.2, 0) is 65.4 Å². The lowest BCUT2D eigenvalue weighted by molar-refractivity contribution is -0.161. The van der Waals surface area contributed by atoms with E-state index in [1.165, 1.54) is 347 Å². The van der Waals surface area contributed by atoms with Crippen molar-refractivity contribution < 1.29 is 80.2 Å². The summed E-state index contributed by atoms with van der Waals surface area (Å²) >= 11 is 0. The summed E-state index contributed by atoms with van der Waals surface area (Å²) < 4.78 is 69.2. The van der Waals surface area contributed by atoms with Crippen LogP contribution >= 0.6 is 15.6 Å². The molecule has 0 aliphatic heterocycles. The zero-order chi connectivity index (χ0) is 83.3. The highest BCUT2D eigenvalue weighted by Crippen LogP contribution is 2.45. The van der Waals surface area contributed by atoms with Gasteiger partial charge in [0.2, 0.25) is 0 Å². The van der Waals surface area contributed by atoms with Crippen molar-refractivity contribution in [3.63, 3.8) is 0 Å². The fourth-order valence-corrected chi connectivity index (χ4v) is 16.6. The number of aliphatic hydroxyl groups is 1. The number of hydrogen-bond donors (Lipinski definition) is 3. The molecule has 678 valence electrons. The van der Waals surface area contributed by atoms with Gasteiger partial charge in [-0.1, -0.05) is 471 Å². The van der Waals surface area contributed by atoms with E-state index >= 15 is 0 Å². The number of aliphatic hydroxyl groups excluding tert-OH is 1. The van der Waals surface area contributed by atoms with Crippen molar-refractivity contribution in [2.45, 2.75) is 541 Å². The Bertz CT molecular complexity index is 2150. The zero-order valence-corrected chi connectivity index (χ0v) is 77.0. The summed E-state index contributed by atoms with van der Waals surface area (Å²) in [6.45, 7) is 7.49. The Balaban J connectivity index is 5.24. The summed E-state index contributed by atoms with van der Waals surface area (Å²) in [6, 6.07) is 0. The quantitative estimate of drug-likeness (QED) is 0.0222. The second kappa shape index (κ2) is 87.4. The second-order valence-electron chi connectivity index (χ2n) is 34.4. The van der Waals surface area contributed by atoms with Gasteiger partial charge in [-0.3, -0.25) is 37.3 Å². The minimum absolute atomic E-state index is 0.110. The number of rotatable bonds is 95. The topological polar surface area (TPSA) is 237 Å². The molecule has 0 saturated heterocycles. The molecule has 0 heterocycles. The number of ether oxygens (including phenoxy) is 4. The molecule has 0 bridgehead atoms. The Morgan fingerprint density at radius 3 is 0.623 bits per heavy atom. The van der Waals surface area contributed by atoms with Crippen molar-refractivity contribution in [1.29, 1.82) is 0 Å². The molecule has 0 fully saturated rings. The average molecular weight is 1660 g/mol. The number of carbonyl (C=O) groups is 4. The zero-order valence-electron chi connectivity index (χ0n) is 75.2. The molecule has 0 aromatic heterocycles. The van der Waals surface area contributed by atoms with Gasteiger partial charge < -0.3 is 33.8 Å². The molecule has 17 nitrogen and oxygen atoms in total. The van der Waals surface area contributed by atoms with E-state index in [0.717, 1.165) is 95.8 Å². The van der Waals surface area contributed by atoms with E-state index in [0.29, 0.717) is 25.7 Å². The maximum Gasteiger partial charge on any atom is 0.472 e. The van der Waals surface area contributed by atoms with E-state index in [1.54, 1.807) is 0 Å². The summed E-state index contributed by atoms with van der Waals surface area (Å²) in [7, 11) is -9.94. The van der Waals surface area contributed by atoms with Gasteiger partial charge in [0.15, 0.2) is 12.2 Å². The van der Waals surface area contributed by atoms with Crippen molar-refractivity contribution in [3.05, 3.63) is 0 Å². The minimum atomic E-state index is -4.97. The summed E-state index contributed by atoms with van der Waals surface area (Å²) in [6.07, 6.45) is 84.8. The lowest BCUT2D eigenvalue weighted by Gasteiger charge is -2.21. The van der Waals surface area contributed by atoms with Gasteiger partial charge in [-0.15, -0.1) is 0 Å². The normalized spacial score (nSPS) is 13.9. The van der Waals surface area contributed by atoms with Crippen LogP contribution < -0.4 is 0 Å². The minimum Gasteiger partial charge on any atom is -0.462 e. The monoisotopic (exact) mass is 1660 g/mol. The molecule has 19 heteroatoms. The van der Waals surface area contributed by atoms with Crippen LogP contribution in [0, 0.1) is 5.92 Å². The van der Waals surface area contributed by atoms with Crippen LogP contribution in [0.5, 0.6) is 0 Å². The van der Waals surface area contributed by atoms with E-state index in [4.69, 9.17) is 37.0 Å². The number of hydrogen-bond acceptors (Lipinski definition) is 15. The predicted molar refractivity (Wildman–Crippen MR) is 474 cm³/mol. The molecule has 3 unspecified atom stereocenters. The van der Waals surface area contributed by atoms with Crippen LogP contribution in [0.3, 0.4) is 0 Å². The first-order chi connectivity index (χ1) is 55.6. The van der Waals surface area contributed by atoms with Crippen LogP contribution in [0.25, 0.3) is 0 Å². The molecule has 114 heavy (non-hydrogen) atoms. The SMILES string of the molecule is CCCCCCCCCCCCCCCCCCCCCCCCC(=O)OC[C@H](COP(=O)(O)OC[C@@H](O)COP(=O)(O)OC[C@@H](COC(=O)CCCCCCCCCCCCCCC)OC(=O)CCCCCCCCCCCCCCCCCCC)OC(=O)CCCCCCCCCCCCCCCCCCCCC(C)CC. The number of phosphoric acid groups is 2. The van der Waals surface area contributed by atoms with Crippen molar-refractivity contribution in [2.75, 3.05) is 39.6 Å². The molecular formula is C95H186O17P2. The van der Waals surface area contributed by atoms with E-state index < -0.39 is 97.5 Å². The van der Waals surface area contributed by atoms with Crippen molar-refractivity contribution in [2.24, 2.45) is 5.92 Å². The van der Waals surface area contributed by atoms with Gasteiger partial charge in [0.1, 0.15) is 19.3 Å². The molecule has 0 aromatic rings. The van der Waals surface area contributed by atoms with Crippen LogP contribution in [0.4, 0.5) is 0 Å². The molecule has 3 N–H and O–H groups in total. The largest absolute Gasteiger partial charge is 0.472 e. The molecule has 0 aliphatic carbocycles. The highest BCUT2D eigenvalue weighted by molar-refractivity contribution is 7.47. The third-order valence-corrected chi connectivity index (χ3v) is 24.8. The molecule has 0 amide bonds. The molecule has 0 saturated carbocycles. The maximum atomic E-state index is 13.2. The number of phosphoric ester groups is 2. The first-order valence-corrected chi connectivity index (χ1v) is 52.2. The molecule has 6 atom stereocenters. The van der Waals surface area contributed by atoms with Gasteiger partial charge in [-0.05, 0) is 31.6 Å². The summed E-state index contributed by atoms with van der Waals surface area (Å²) in [5, 5.41) is 10.7. The van der Waals surface area contributed by atoms with E-state index in [-0.39, 0.29) is 25.7 Å². The number of unbranched alkanes of at least 4 members (excludes halogenated alkanes) is 66. The summed E-state index contributed by atoms with van der Waals surface area (Å²) in [5.41, 5.74) is 0. The first-order valence-electron chi connectivity index (χ1n) is 49.2. The molecule has 0 spiro atoms. The molecule has 0 aromatic carbocycles. The van der Waals surface area contributed by atoms with Gasteiger partial charge in [0, 0.05) is 25.7 Å². The Labute approximate surface area is 702 Å². The van der Waals surface area contributed by atoms with Crippen LogP contribution in [0.2, 0.25) is 0 Å². The smallest absolute Gasteiger partial charge is 0.462 e. The Hall–Kier alpha value is -1.94. The van der Waals surface area contributed by atoms with E-state index in [1.807, 2.05) is 0 Å². The Morgan fingerprint density at radius 2 is 0.421 bits per heavy atom. The predicted octanol–water partition coefficient (Wildman–Crippen LogP) is 29.9. The third-order valence-electron chi connectivity index (χ3n) is 22.9. The van der Waals surface area contributed by atoms with Crippen LogP contribution in [0.1, 0.15) is 523 Å². The van der Waals surface area contributed by atoms with E-state index in [2.05, 4.69) is 34.6 Å². The van der Waals surface area contributed by atoms with Gasteiger partial charge in [0.05, 0.1) is 26.4 Å². The van der Waals surface area contributed by atoms with Crippen molar-refractivity contribution in [3.8, 4) is 0 Å². The standard InChI is InChI=1S/C95H186O17P2/c1-6-10-13-16-19-22-25-28-30-32-33-34-35-36-41-44-49-54-59-64-69-74-79-93(98)106-85-91(112-95(100)81-76-71-66-61-56-51-46-42-38-37-40-43-48-52-57-62-67-72-77-88(5)9-4)87-110-114(103,104)108-83-89(96)82-107-113(101,102)109-86-90(84-105-92(97)78-73-68-63-58-53-47-27-24-21-18-15-12-8-3)111-94(99)80-75-70-65-60-55-50-45-39-31-29-26-23-20-17-14-11-7-2/h88-91,96H,6-87H2,1-5H3,(H,101,102)(H,103,104)/t88?,89-,90+,91+/m0/s1. The van der Waals surface area contributed by atoms with Crippen LogP contribution in [-0.4, -0.2) is 96.7 Å². The van der Waals surface area contributed by atoms with Crippen LogP contribution in [0.15, 0.2) is 0 Å². The highest BCUT2D eigenvalue weighted by atomic mass is 31.2. The Kier molecular flexibility index (Phi) is 85.9. The molecule has 0 aliphatic rings. The lowest BCUT2D eigenvalue weighted by atomic mass is 9.99. The van der Waals surface area contributed by atoms with Gasteiger partial charge >= 0.3 is 39.5 Å². The summed E-state index contributed by atoms with van der Waals surface area (Å²) in [5.74, 6) is -1.22. The maximum absolute atomic E-state index is 13.2. The molecule has 0 rings (SSSR count). The lowest BCUT2D eigenvalue weighted by Crippen LogP contribution is -2.30. The molecular weight excluding hydrogens is 1470 g/mol. The fourth-order valence-electron chi connectivity index (χ4n) is 15.0. The third kappa shape index (κ3) is 86.4.